The molecule has 0 atom stereocenters. The monoisotopic (exact) mass is 328 g/mol. The Bertz CT molecular complexity index is 534. The van der Waals surface area contributed by atoms with Crippen LogP contribution in [-0.2, 0) is 13.1 Å². The van der Waals surface area contributed by atoms with Crippen molar-refractivity contribution in [1.82, 2.24) is 10.5 Å². The van der Waals surface area contributed by atoms with E-state index in [1.54, 1.807) is 0 Å². The average molecular weight is 330 g/mol. The SMILES string of the molecule is Cc1noc(C)c1CNCc1ccc(Cl)c(Br)c1. The first-order valence-electron chi connectivity index (χ1n) is 5.64. The van der Waals surface area contributed by atoms with E-state index < -0.39 is 0 Å². The van der Waals surface area contributed by atoms with Crippen LogP contribution in [0, 0.1) is 13.8 Å². The molecule has 0 saturated heterocycles. The third-order valence-electron chi connectivity index (χ3n) is 2.80. The molecule has 0 aliphatic carbocycles. The third-order valence-corrected chi connectivity index (χ3v) is 4.01. The van der Waals surface area contributed by atoms with Crippen LogP contribution < -0.4 is 5.32 Å². The smallest absolute Gasteiger partial charge is 0.138 e. The first kappa shape index (κ1) is 13.6. The van der Waals surface area contributed by atoms with E-state index >= 15 is 0 Å². The Hall–Kier alpha value is -0.840. The Morgan fingerprint density at radius 2 is 2.11 bits per heavy atom. The first-order chi connectivity index (χ1) is 8.58. The van der Waals surface area contributed by atoms with Crippen LogP contribution in [0.5, 0.6) is 0 Å². The van der Waals surface area contributed by atoms with E-state index in [-0.39, 0.29) is 0 Å². The second-order valence-electron chi connectivity index (χ2n) is 4.15. The van der Waals surface area contributed by atoms with Crippen molar-refractivity contribution in [3.63, 3.8) is 0 Å². The van der Waals surface area contributed by atoms with Crippen molar-refractivity contribution in [3.8, 4) is 0 Å². The molecule has 0 aliphatic rings. The van der Waals surface area contributed by atoms with Gasteiger partial charge in [0.25, 0.3) is 0 Å². The number of aryl methyl sites for hydroxylation is 2. The molecule has 1 heterocycles. The van der Waals surface area contributed by atoms with Crippen molar-refractivity contribution in [2.24, 2.45) is 0 Å². The summed E-state index contributed by atoms with van der Waals surface area (Å²) in [6.45, 7) is 5.41. The van der Waals surface area contributed by atoms with Crippen molar-refractivity contribution in [2.45, 2.75) is 26.9 Å². The fourth-order valence-corrected chi connectivity index (χ4v) is 2.28. The highest BCUT2D eigenvalue weighted by Gasteiger charge is 2.08. The van der Waals surface area contributed by atoms with Crippen molar-refractivity contribution in [2.75, 3.05) is 0 Å². The van der Waals surface area contributed by atoms with Gasteiger partial charge in [-0.15, -0.1) is 0 Å². The van der Waals surface area contributed by atoms with E-state index in [1.807, 2.05) is 32.0 Å². The molecule has 96 valence electrons. The lowest BCUT2D eigenvalue weighted by Gasteiger charge is -2.06. The summed E-state index contributed by atoms with van der Waals surface area (Å²) in [5, 5.41) is 8.02. The van der Waals surface area contributed by atoms with Crippen LogP contribution in [0.25, 0.3) is 0 Å². The largest absolute Gasteiger partial charge is 0.361 e. The summed E-state index contributed by atoms with van der Waals surface area (Å²) in [6, 6.07) is 5.91. The predicted octanol–water partition coefficient (Wildman–Crippen LogP) is 4.00. The van der Waals surface area contributed by atoms with Crippen LogP contribution >= 0.6 is 27.5 Å². The molecule has 0 amide bonds. The maximum absolute atomic E-state index is 5.95. The molecule has 2 rings (SSSR count). The highest BCUT2D eigenvalue weighted by atomic mass is 79.9. The van der Waals surface area contributed by atoms with Gasteiger partial charge in [0.15, 0.2) is 0 Å². The second-order valence-corrected chi connectivity index (χ2v) is 5.42. The molecule has 3 nitrogen and oxygen atoms in total. The maximum atomic E-state index is 5.95. The zero-order valence-corrected chi connectivity index (χ0v) is 12.6. The van der Waals surface area contributed by atoms with Crippen LogP contribution in [0.1, 0.15) is 22.6 Å². The zero-order chi connectivity index (χ0) is 13.1. The van der Waals surface area contributed by atoms with E-state index in [1.165, 1.54) is 5.56 Å². The highest BCUT2D eigenvalue weighted by molar-refractivity contribution is 9.10. The molecule has 1 N–H and O–H groups in total. The number of hydrogen-bond donors (Lipinski definition) is 1. The van der Waals surface area contributed by atoms with Gasteiger partial charge in [0, 0.05) is 23.1 Å². The van der Waals surface area contributed by atoms with Gasteiger partial charge >= 0.3 is 0 Å². The van der Waals surface area contributed by atoms with Gasteiger partial charge in [-0.3, -0.25) is 0 Å². The molecule has 0 bridgehead atoms. The Labute approximate surface area is 120 Å². The van der Waals surface area contributed by atoms with Gasteiger partial charge in [0.1, 0.15) is 5.76 Å². The first-order valence-corrected chi connectivity index (χ1v) is 6.81. The molecule has 0 unspecified atom stereocenters. The molecule has 0 radical (unpaired) electrons. The van der Waals surface area contributed by atoms with Crippen LogP contribution in [0.4, 0.5) is 0 Å². The quantitative estimate of drug-likeness (QED) is 0.921. The number of nitrogens with one attached hydrogen (secondary N) is 1. The molecule has 2 aromatic rings. The van der Waals surface area contributed by atoms with Crippen LogP contribution in [-0.4, -0.2) is 5.16 Å². The molecule has 0 spiro atoms. The number of aromatic nitrogens is 1. The maximum Gasteiger partial charge on any atom is 0.138 e. The van der Waals surface area contributed by atoms with E-state index in [9.17, 15) is 0 Å². The molecule has 0 aliphatic heterocycles. The minimum absolute atomic E-state index is 0.726. The Kier molecular flexibility index (Phi) is 4.43. The molecular weight excluding hydrogens is 316 g/mol. The summed E-state index contributed by atoms with van der Waals surface area (Å²) in [5.41, 5.74) is 3.25. The molecular formula is C13H14BrClN2O. The average Bonchev–Trinajstić information content (AvgIpc) is 2.65. The lowest BCUT2D eigenvalue weighted by Crippen LogP contribution is -2.13. The van der Waals surface area contributed by atoms with Crippen molar-refractivity contribution in [3.05, 3.63) is 50.3 Å². The van der Waals surface area contributed by atoms with Gasteiger partial charge in [0.2, 0.25) is 0 Å². The van der Waals surface area contributed by atoms with Gasteiger partial charge in [-0.25, -0.2) is 0 Å². The van der Waals surface area contributed by atoms with E-state index in [0.29, 0.717) is 0 Å². The van der Waals surface area contributed by atoms with Crippen molar-refractivity contribution in [1.29, 1.82) is 0 Å². The zero-order valence-electron chi connectivity index (χ0n) is 10.3. The minimum atomic E-state index is 0.726. The minimum Gasteiger partial charge on any atom is -0.361 e. The molecule has 1 aromatic heterocycles. The lowest BCUT2D eigenvalue weighted by atomic mass is 10.2. The van der Waals surface area contributed by atoms with Crippen molar-refractivity contribution < 1.29 is 4.52 Å². The molecule has 1 aromatic carbocycles. The fraction of sp³-hybridized carbons (Fsp3) is 0.308. The van der Waals surface area contributed by atoms with Gasteiger partial charge in [-0.05, 0) is 47.5 Å². The third kappa shape index (κ3) is 3.13. The number of halogens is 2. The number of rotatable bonds is 4. The van der Waals surface area contributed by atoms with E-state index in [4.69, 9.17) is 16.1 Å². The molecule has 0 fully saturated rings. The van der Waals surface area contributed by atoms with E-state index in [2.05, 4.69) is 26.4 Å². The van der Waals surface area contributed by atoms with Gasteiger partial charge in [-0.2, -0.15) is 0 Å². The summed E-state index contributed by atoms with van der Waals surface area (Å²) in [5.74, 6) is 0.872. The predicted molar refractivity (Wildman–Crippen MR) is 75.7 cm³/mol. The summed E-state index contributed by atoms with van der Waals surface area (Å²) in [6.07, 6.45) is 0. The lowest BCUT2D eigenvalue weighted by molar-refractivity contribution is 0.392. The van der Waals surface area contributed by atoms with Gasteiger partial charge < -0.3 is 9.84 Å². The van der Waals surface area contributed by atoms with E-state index in [0.717, 1.165) is 39.6 Å². The Balaban J connectivity index is 1.94. The molecule has 0 saturated carbocycles. The van der Waals surface area contributed by atoms with Crippen LogP contribution in [0.15, 0.2) is 27.2 Å². The topological polar surface area (TPSA) is 38.1 Å². The van der Waals surface area contributed by atoms with Gasteiger partial charge in [0.05, 0.1) is 10.7 Å². The summed E-state index contributed by atoms with van der Waals surface area (Å²) >= 11 is 9.36. The fourth-order valence-electron chi connectivity index (χ4n) is 1.74. The number of hydrogen-bond acceptors (Lipinski definition) is 3. The highest BCUT2D eigenvalue weighted by Crippen LogP contribution is 2.23. The number of nitrogens with zero attached hydrogens (tertiary/aromatic N) is 1. The van der Waals surface area contributed by atoms with Crippen LogP contribution in [0.3, 0.4) is 0 Å². The Morgan fingerprint density at radius 1 is 1.33 bits per heavy atom. The van der Waals surface area contributed by atoms with Crippen LogP contribution in [0.2, 0.25) is 5.02 Å². The summed E-state index contributed by atoms with van der Waals surface area (Å²) in [7, 11) is 0. The standard InChI is InChI=1S/C13H14BrClN2O/c1-8-11(9(2)18-17-8)7-16-6-10-3-4-13(15)12(14)5-10/h3-5,16H,6-7H2,1-2H3. The normalized spacial score (nSPS) is 10.9. The molecule has 18 heavy (non-hydrogen) atoms. The second kappa shape index (κ2) is 5.87. The molecule has 5 heteroatoms. The van der Waals surface area contributed by atoms with Crippen molar-refractivity contribution >= 4 is 27.5 Å². The number of benzene rings is 1. The summed E-state index contributed by atoms with van der Waals surface area (Å²) < 4.78 is 6.04. The Morgan fingerprint density at radius 3 is 2.72 bits per heavy atom. The summed E-state index contributed by atoms with van der Waals surface area (Å²) in [4.78, 5) is 0. The van der Waals surface area contributed by atoms with Gasteiger partial charge in [-0.1, -0.05) is 22.8 Å².